The first-order valence-corrected chi connectivity index (χ1v) is 7.94. The second-order valence-corrected chi connectivity index (χ2v) is 6.81. The van der Waals surface area contributed by atoms with E-state index in [9.17, 15) is 0 Å². The van der Waals surface area contributed by atoms with E-state index in [2.05, 4.69) is 18.3 Å². The smallest absolute Gasteiger partial charge is 0.0931 e. The number of methoxy groups -OCH3 is 1. The fraction of sp³-hybridized carbons (Fsp3) is 0.714. The topological polar surface area (TPSA) is 21.3 Å². The van der Waals surface area contributed by atoms with Crippen molar-refractivity contribution in [2.24, 2.45) is 5.92 Å². The van der Waals surface area contributed by atoms with Crippen molar-refractivity contribution in [2.75, 3.05) is 13.7 Å². The maximum atomic E-state index is 6.00. The van der Waals surface area contributed by atoms with E-state index in [4.69, 9.17) is 16.3 Å². The van der Waals surface area contributed by atoms with Gasteiger partial charge in [-0.1, -0.05) is 18.5 Å². The Kier molecular flexibility index (Phi) is 5.49. The molecule has 1 aromatic rings. The summed E-state index contributed by atoms with van der Waals surface area (Å²) in [4.78, 5) is 1.34. The number of ether oxygens (including phenoxy) is 1. The van der Waals surface area contributed by atoms with Crippen molar-refractivity contribution < 1.29 is 4.74 Å². The highest BCUT2D eigenvalue weighted by molar-refractivity contribution is 7.16. The van der Waals surface area contributed by atoms with Crippen LogP contribution in [0, 0.1) is 5.92 Å². The van der Waals surface area contributed by atoms with Crippen molar-refractivity contribution in [3.8, 4) is 0 Å². The van der Waals surface area contributed by atoms with Crippen LogP contribution in [0.25, 0.3) is 0 Å². The van der Waals surface area contributed by atoms with Gasteiger partial charge in [-0.3, -0.25) is 0 Å². The number of rotatable bonds is 8. The predicted molar refractivity (Wildman–Crippen MR) is 78.6 cm³/mol. The molecular formula is C14H22ClNOS. The van der Waals surface area contributed by atoms with Gasteiger partial charge in [0.2, 0.25) is 0 Å². The molecule has 1 aliphatic rings. The van der Waals surface area contributed by atoms with Crippen LogP contribution < -0.4 is 5.32 Å². The van der Waals surface area contributed by atoms with Crippen LogP contribution >= 0.6 is 22.9 Å². The van der Waals surface area contributed by atoms with E-state index < -0.39 is 0 Å². The minimum Gasteiger partial charge on any atom is -0.380 e. The van der Waals surface area contributed by atoms with Gasteiger partial charge in [-0.05, 0) is 50.3 Å². The summed E-state index contributed by atoms with van der Waals surface area (Å²) >= 11 is 7.68. The third-order valence-corrected chi connectivity index (χ3v) is 4.72. The van der Waals surface area contributed by atoms with E-state index >= 15 is 0 Å². The predicted octanol–water partition coefficient (Wildman–Crippen LogP) is 3.74. The highest BCUT2D eigenvalue weighted by Gasteiger charge is 2.36. The average Bonchev–Trinajstić information content (AvgIpc) is 3.11. The summed E-state index contributed by atoms with van der Waals surface area (Å²) < 4.78 is 6.60. The van der Waals surface area contributed by atoms with Gasteiger partial charge < -0.3 is 10.1 Å². The van der Waals surface area contributed by atoms with Crippen LogP contribution in [-0.2, 0) is 11.2 Å². The van der Waals surface area contributed by atoms with Crippen molar-refractivity contribution in [2.45, 2.75) is 44.8 Å². The quantitative estimate of drug-likeness (QED) is 0.786. The van der Waals surface area contributed by atoms with E-state index in [0.717, 1.165) is 29.6 Å². The highest BCUT2D eigenvalue weighted by atomic mass is 35.5. The molecule has 18 heavy (non-hydrogen) atoms. The zero-order valence-corrected chi connectivity index (χ0v) is 12.7. The fourth-order valence-corrected chi connectivity index (χ4v) is 3.57. The molecule has 0 spiro atoms. The van der Waals surface area contributed by atoms with Crippen LogP contribution in [0.4, 0.5) is 0 Å². The molecule has 0 aromatic carbocycles. The largest absolute Gasteiger partial charge is 0.380 e. The lowest BCUT2D eigenvalue weighted by Gasteiger charge is -2.27. The van der Waals surface area contributed by atoms with E-state index in [-0.39, 0.29) is 0 Å². The Balaban J connectivity index is 1.98. The molecule has 2 rings (SSSR count). The molecule has 1 heterocycles. The lowest BCUT2D eigenvalue weighted by Crippen LogP contribution is -2.44. The summed E-state index contributed by atoms with van der Waals surface area (Å²) in [6.07, 6.45) is 5.15. The Bertz CT molecular complexity index is 364. The van der Waals surface area contributed by atoms with Crippen molar-refractivity contribution in [1.82, 2.24) is 5.32 Å². The maximum Gasteiger partial charge on any atom is 0.0931 e. The molecule has 1 N–H and O–H groups in total. The first kappa shape index (κ1) is 14.3. The zero-order chi connectivity index (χ0) is 13.0. The molecule has 4 heteroatoms. The Morgan fingerprint density at radius 2 is 2.28 bits per heavy atom. The van der Waals surface area contributed by atoms with Crippen LogP contribution in [0.2, 0.25) is 4.34 Å². The van der Waals surface area contributed by atoms with Gasteiger partial charge in [0.15, 0.2) is 0 Å². The van der Waals surface area contributed by atoms with Gasteiger partial charge in [-0.25, -0.2) is 0 Å². The summed E-state index contributed by atoms with van der Waals surface area (Å²) in [6.45, 7) is 3.25. The number of hydrogen-bond acceptors (Lipinski definition) is 3. The maximum absolute atomic E-state index is 6.00. The van der Waals surface area contributed by atoms with Gasteiger partial charge >= 0.3 is 0 Å². The summed E-state index contributed by atoms with van der Waals surface area (Å²) in [6, 6.07) is 4.53. The molecule has 102 valence electrons. The van der Waals surface area contributed by atoms with Crippen molar-refractivity contribution in [3.63, 3.8) is 0 Å². The number of hydrogen-bond donors (Lipinski definition) is 1. The molecule has 0 saturated heterocycles. The third kappa shape index (κ3) is 3.95. The van der Waals surface area contributed by atoms with E-state index in [0.29, 0.717) is 12.1 Å². The Hall–Kier alpha value is -0.0900. The average molecular weight is 288 g/mol. The second-order valence-electron chi connectivity index (χ2n) is 5.01. The molecule has 1 aliphatic carbocycles. The van der Waals surface area contributed by atoms with Gasteiger partial charge in [-0.15, -0.1) is 11.3 Å². The molecule has 0 aliphatic heterocycles. The van der Waals surface area contributed by atoms with Gasteiger partial charge in [-0.2, -0.15) is 0 Å². The Morgan fingerprint density at radius 1 is 1.50 bits per heavy atom. The summed E-state index contributed by atoms with van der Waals surface area (Å²) in [5.74, 6) is 0.750. The molecule has 2 unspecified atom stereocenters. The van der Waals surface area contributed by atoms with Gasteiger partial charge in [0.05, 0.1) is 10.4 Å². The van der Waals surface area contributed by atoms with Crippen molar-refractivity contribution >= 4 is 22.9 Å². The van der Waals surface area contributed by atoms with E-state index in [1.165, 1.54) is 17.7 Å². The van der Waals surface area contributed by atoms with Gasteiger partial charge in [0.1, 0.15) is 0 Å². The zero-order valence-electron chi connectivity index (χ0n) is 11.1. The molecule has 1 aromatic heterocycles. The molecule has 1 saturated carbocycles. The second kappa shape index (κ2) is 6.90. The standard InChI is InChI=1S/C14H22ClNOS/c1-3-8-16-12(14(17-2)10-4-5-10)9-11-6-7-13(15)18-11/h6-7,10,12,14,16H,3-5,8-9H2,1-2H3. The first-order chi connectivity index (χ1) is 8.74. The third-order valence-electron chi connectivity index (χ3n) is 3.46. The number of thiophene rings is 1. The van der Waals surface area contributed by atoms with E-state index in [1.807, 2.05) is 13.2 Å². The summed E-state index contributed by atoms with van der Waals surface area (Å²) in [7, 11) is 1.84. The van der Waals surface area contributed by atoms with Gasteiger partial charge in [0.25, 0.3) is 0 Å². The Labute approximate surface area is 119 Å². The van der Waals surface area contributed by atoms with Crippen LogP contribution in [-0.4, -0.2) is 25.8 Å². The monoisotopic (exact) mass is 287 g/mol. The molecule has 0 bridgehead atoms. The highest BCUT2D eigenvalue weighted by Crippen LogP contribution is 2.36. The Morgan fingerprint density at radius 3 is 2.78 bits per heavy atom. The first-order valence-electron chi connectivity index (χ1n) is 6.75. The molecule has 0 amide bonds. The van der Waals surface area contributed by atoms with Crippen LogP contribution in [0.1, 0.15) is 31.1 Å². The molecule has 2 nitrogen and oxygen atoms in total. The summed E-state index contributed by atoms with van der Waals surface area (Å²) in [5.41, 5.74) is 0. The van der Waals surface area contributed by atoms with Crippen LogP contribution in [0.5, 0.6) is 0 Å². The van der Waals surface area contributed by atoms with Crippen LogP contribution in [0.3, 0.4) is 0 Å². The van der Waals surface area contributed by atoms with Crippen molar-refractivity contribution in [1.29, 1.82) is 0 Å². The molecule has 2 atom stereocenters. The minimum atomic E-state index is 0.345. The van der Waals surface area contributed by atoms with Crippen molar-refractivity contribution in [3.05, 3.63) is 21.3 Å². The number of halogens is 1. The van der Waals surface area contributed by atoms with Gasteiger partial charge in [0, 0.05) is 18.0 Å². The molecule has 0 radical (unpaired) electrons. The molecular weight excluding hydrogens is 266 g/mol. The lowest BCUT2D eigenvalue weighted by molar-refractivity contribution is 0.0513. The minimum absolute atomic E-state index is 0.345. The lowest BCUT2D eigenvalue weighted by atomic mass is 10.0. The van der Waals surface area contributed by atoms with Crippen LogP contribution in [0.15, 0.2) is 12.1 Å². The molecule has 1 fully saturated rings. The SMILES string of the molecule is CCCNC(Cc1ccc(Cl)s1)C(OC)C1CC1. The normalized spacial score (nSPS) is 18.8. The summed E-state index contributed by atoms with van der Waals surface area (Å²) in [5, 5.41) is 3.64. The van der Waals surface area contributed by atoms with E-state index in [1.54, 1.807) is 11.3 Å². The fourth-order valence-electron chi connectivity index (χ4n) is 2.42. The number of nitrogens with one attached hydrogen (secondary N) is 1.